The van der Waals surface area contributed by atoms with Gasteiger partial charge in [0.25, 0.3) is 0 Å². The highest BCUT2D eigenvalue weighted by Gasteiger charge is 2.56. The first-order chi connectivity index (χ1) is 14.0. The molecule has 2 unspecified atom stereocenters. The Balaban J connectivity index is 1.85. The van der Waals surface area contributed by atoms with Gasteiger partial charge < -0.3 is 40.1 Å². The highest BCUT2D eigenvalue weighted by atomic mass is 16.8. The fraction of sp³-hybridized carbons (Fsp3) is 0.714. The lowest BCUT2D eigenvalue weighted by Crippen LogP contribution is -2.64. The monoisotopic (exact) mass is 427 g/mol. The van der Waals surface area contributed by atoms with Gasteiger partial charge in [-0.05, 0) is 60.8 Å². The van der Waals surface area contributed by atoms with Crippen molar-refractivity contribution in [2.45, 2.75) is 63.6 Å². The van der Waals surface area contributed by atoms with E-state index in [0.29, 0.717) is 11.8 Å². The Kier molecular flexibility index (Phi) is 6.64. The smallest absolute Gasteiger partial charge is 0.385 e. The lowest BCUT2D eigenvalue weighted by atomic mass is 9.81. The van der Waals surface area contributed by atoms with Crippen molar-refractivity contribution in [3.8, 4) is 11.5 Å². The molecule has 0 bridgehead atoms. The fourth-order valence-electron chi connectivity index (χ4n) is 4.63. The Bertz CT molecular complexity index is 749. The molecule has 3 rings (SSSR count). The Hall–Kier alpha value is -1.46. The van der Waals surface area contributed by atoms with Crippen LogP contribution in [-0.4, -0.2) is 73.8 Å². The Morgan fingerprint density at radius 2 is 1.80 bits per heavy atom. The van der Waals surface area contributed by atoms with Crippen molar-refractivity contribution in [2.24, 2.45) is 11.8 Å². The molecule has 1 aromatic rings. The number of aliphatic hydroxyl groups excluding tert-OH is 1. The summed E-state index contributed by atoms with van der Waals surface area (Å²) in [6, 6.07) is 3.58. The van der Waals surface area contributed by atoms with Crippen molar-refractivity contribution < 1.29 is 40.1 Å². The van der Waals surface area contributed by atoms with Gasteiger partial charge in [0.1, 0.15) is 0 Å². The quantitative estimate of drug-likeness (QED) is 0.333. The van der Waals surface area contributed by atoms with E-state index in [1.807, 2.05) is 0 Å². The van der Waals surface area contributed by atoms with Gasteiger partial charge in [-0.2, -0.15) is 0 Å². The zero-order valence-electron chi connectivity index (χ0n) is 17.7. The summed E-state index contributed by atoms with van der Waals surface area (Å²) in [7, 11) is 1.39. The third-order valence-corrected chi connectivity index (χ3v) is 6.13. The van der Waals surface area contributed by atoms with Crippen LogP contribution in [0.3, 0.4) is 0 Å². The van der Waals surface area contributed by atoms with Crippen LogP contribution >= 0.6 is 0 Å². The molecule has 2 atom stereocenters. The van der Waals surface area contributed by atoms with Crippen LogP contribution in [0.4, 0.5) is 0 Å². The van der Waals surface area contributed by atoms with Gasteiger partial charge in [-0.15, -0.1) is 0 Å². The predicted molar refractivity (Wildman–Crippen MR) is 106 cm³/mol. The maximum absolute atomic E-state index is 9.93. The molecule has 170 valence electrons. The van der Waals surface area contributed by atoms with E-state index in [1.54, 1.807) is 12.1 Å². The van der Waals surface area contributed by atoms with Crippen molar-refractivity contribution in [2.75, 3.05) is 20.2 Å². The number of ether oxygens (including phenoxy) is 2. The zero-order valence-corrected chi connectivity index (χ0v) is 17.7. The molecular formula is C21H33NO8. The van der Waals surface area contributed by atoms with Crippen LogP contribution in [0.5, 0.6) is 11.5 Å². The van der Waals surface area contributed by atoms with Crippen molar-refractivity contribution in [1.82, 2.24) is 4.90 Å². The molecule has 2 aliphatic rings. The number of fused-ring (bicyclic) bond motifs is 3. The average molecular weight is 427 g/mol. The van der Waals surface area contributed by atoms with Crippen LogP contribution in [0.2, 0.25) is 0 Å². The molecule has 0 radical (unpaired) electrons. The largest absolute Gasteiger partial charge is 0.493 e. The minimum atomic E-state index is -3.74. The van der Waals surface area contributed by atoms with Crippen LogP contribution in [0.25, 0.3) is 0 Å². The molecule has 0 aromatic heterocycles. The van der Waals surface area contributed by atoms with E-state index < -0.39 is 18.1 Å². The number of piperidine rings is 1. The molecule has 2 heterocycles. The van der Waals surface area contributed by atoms with E-state index in [4.69, 9.17) is 19.7 Å². The lowest BCUT2D eigenvalue weighted by molar-refractivity contribution is -0.471. The van der Waals surface area contributed by atoms with Crippen LogP contribution < -0.4 is 9.47 Å². The van der Waals surface area contributed by atoms with Crippen LogP contribution in [0, 0.1) is 11.8 Å². The highest BCUT2D eigenvalue weighted by molar-refractivity contribution is 5.50. The summed E-state index contributed by atoms with van der Waals surface area (Å²) in [5.41, 5.74) is 2.02. The molecule has 1 aromatic carbocycles. The zero-order chi connectivity index (χ0) is 22.3. The molecule has 1 fully saturated rings. The van der Waals surface area contributed by atoms with Gasteiger partial charge in [0, 0.05) is 19.1 Å². The number of methoxy groups -OCH3 is 1. The van der Waals surface area contributed by atoms with Gasteiger partial charge in [0.05, 0.1) is 7.11 Å². The maximum atomic E-state index is 9.93. The topological polar surface area (TPSA) is 143 Å². The Morgan fingerprint density at radius 1 is 1.10 bits per heavy atom. The first kappa shape index (κ1) is 23.2. The number of benzene rings is 1. The third-order valence-electron chi connectivity index (χ3n) is 6.13. The Morgan fingerprint density at radius 3 is 2.40 bits per heavy atom. The molecular weight excluding hydrogens is 394 g/mol. The van der Waals surface area contributed by atoms with Gasteiger partial charge in [0.15, 0.2) is 11.5 Å². The summed E-state index contributed by atoms with van der Waals surface area (Å²) >= 11 is 0. The van der Waals surface area contributed by atoms with Crippen LogP contribution in [0.1, 0.15) is 50.3 Å². The average Bonchev–Trinajstić information content (AvgIpc) is 2.66. The van der Waals surface area contributed by atoms with Gasteiger partial charge in [-0.1, -0.05) is 13.8 Å². The molecule has 0 spiro atoms. The first-order valence-corrected chi connectivity index (χ1v) is 10.4. The molecule has 0 aliphatic carbocycles. The minimum Gasteiger partial charge on any atom is -0.493 e. The maximum Gasteiger partial charge on any atom is 0.385 e. The summed E-state index contributed by atoms with van der Waals surface area (Å²) in [6.45, 7) is 6.40. The van der Waals surface area contributed by atoms with E-state index in [0.717, 1.165) is 43.5 Å². The van der Waals surface area contributed by atoms with Crippen molar-refractivity contribution in [1.29, 1.82) is 0 Å². The predicted octanol–water partition coefficient (Wildman–Crippen LogP) is 0.0593. The molecule has 2 aliphatic heterocycles. The van der Waals surface area contributed by atoms with Gasteiger partial charge in [-0.3, -0.25) is 4.90 Å². The van der Waals surface area contributed by atoms with E-state index >= 15 is 0 Å². The van der Waals surface area contributed by atoms with E-state index in [9.17, 15) is 20.4 Å². The number of aliphatic hydroxyl groups is 6. The molecule has 6 N–H and O–H groups in total. The van der Waals surface area contributed by atoms with E-state index in [2.05, 4.69) is 18.7 Å². The summed E-state index contributed by atoms with van der Waals surface area (Å²) in [5, 5.41) is 57.1. The number of nitrogens with zero attached hydrogens (tertiary/aromatic N) is 1. The van der Waals surface area contributed by atoms with Crippen molar-refractivity contribution in [3.05, 3.63) is 23.3 Å². The Labute approximate surface area is 176 Å². The second-order valence-corrected chi connectivity index (χ2v) is 8.85. The molecule has 30 heavy (non-hydrogen) atoms. The normalized spacial score (nSPS) is 22.8. The SMILES string of the molecule is COc1cc2c(cc1OC(O)(O)C(O)(O)C(O)O)CCN1CC(CC(C)C)CCC21. The van der Waals surface area contributed by atoms with Crippen molar-refractivity contribution in [3.63, 3.8) is 0 Å². The summed E-state index contributed by atoms with van der Waals surface area (Å²) in [4.78, 5) is 2.48. The molecule has 9 heteroatoms. The standard InChI is InChI=1S/C21H33NO8/c1-12(2)8-13-4-5-16-15-10-17(29-3)18(9-14(15)6-7-22(16)11-13)30-21(27,28)20(25,26)19(23)24/h9-10,12-13,16,19,23-28H,4-8,11H2,1-3H3. The van der Waals surface area contributed by atoms with Crippen molar-refractivity contribution >= 4 is 0 Å². The summed E-state index contributed by atoms with van der Waals surface area (Å²) < 4.78 is 10.3. The van der Waals surface area contributed by atoms with Crippen LogP contribution in [0.15, 0.2) is 12.1 Å². The molecule has 9 nitrogen and oxygen atoms in total. The molecule has 0 amide bonds. The van der Waals surface area contributed by atoms with Gasteiger partial charge >= 0.3 is 11.8 Å². The number of rotatable bonds is 7. The minimum absolute atomic E-state index is 0.142. The lowest BCUT2D eigenvalue weighted by Gasteiger charge is -2.44. The highest BCUT2D eigenvalue weighted by Crippen LogP contribution is 2.44. The molecule has 0 saturated carbocycles. The van der Waals surface area contributed by atoms with Crippen LogP contribution in [-0.2, 0) is 6.42 Å². The first-order valence-electron chi connectivity index (χ1n) is 10.4. The van der Waals surface area contributed by atoms with Gasteiger partial charge in [-0.25, -0.2) is 0 Å². The third kappa shape index (κ3) is 4.43. The second-order valence-electron chi connectivity index (χ2n) is 8.85. The summed E-state index contributed by atoms with van der Waals surface area (Å²) in [6.07, 6.45) is 1.22. The van der Waals surface area contributed by atoms with E-state index in [-0.39, 0.29) is 17.5 Å². The van der Waals surface area contributed by atoms with Gasteiger partial charge in [0.2, 0.25) is 6.29 Å². The number of hydrogen-bond acceptors (Lipinski definition) is 9. The molecule has 1 saturated heterocycles. The number of hydrogen-bond donors (Lipinski definition) is 6. The second kappa shape index (κ2) is 8.58. The fourth-order valence-corrected chi connectivity index (χ4v) is 4.63. The van der Waals surface area contributed by atoms with E-state index in [1.165, 1.54) is 13.5 Å². The summed E-state index contributed by atoms with van der Waals surface area (Å²) in [5.74, 6) is -6.03.